The van der Waals surface area contributed by atoms with E-state index in [0.717, 1.165) is 9.79 Å². The molecule has 0 aliphatic rings. The SMILES string of the molecule is CCOCCOc1cc(Sc2ccc(Cl)cc2)c(OCCOCC)cc1N=[NH2+]. The van der Waals surface area contributed by atoms with Gasteiger partial charge in [0.1, 0.15) is 19.0 Å². The van der Waals surface area contributed by atoms with Crippen molar-refractivity contribution in [2.45, 2.75) is 23.6 Å². The van der Waals surface area contributed by atoms with Gasteiger partial charge in [0.2, 0.25) is 0 Å². The van der Waals surface area contributed by atoms with Crippen LogP contribution < -0.4 is 15.0 Å². The maximum atomic E-state index is 5.99. The highest BCUT2D eigenvalue weighted by molar-refractivity contribution is 7.99. The van der Waals surface area contributed by atoms with E-state index in [1.54, 1.807) is 17.8 Å². The van der Waals surface area contributed by atoms with Gasteiger partial charge >= 0.3 is 0 Å². The topological polar surface area (TPSA) is 74.9 Å². The molecule has 0 atom stereocenters. The predicted octanol–water partition coefficient (Wildman–Crippen LogP) is 4.16. The maximum absolute atomic E-state index is 5.99. The Morgan fingerprint density at radius 3 is 2.07 bits per heavy atom. The molecular formula is C20H26ClN2O4S+. The lowest BCUT2D eigenvalue weighted by atomic mass is 10.2. The van der Waals surface area contributed by atoms with E-state index < -0.39 is 0 Å². The van der Waals surface area contributed by atoms with E-state index in [9.17, 15) is 0 Å². The van der Waals surface area contributed by atoms with Gasteiger partial charge in [0.25, 0.3) is 0 Å². The summed E-state index contributed by atoms with van der Waals surface area (Å²) in [5.41, 5.74) is 6.07. The second-order valence-electron chi connectivity index (χ2n) is 5.54. The van der Waals surface area contributed by atoms with Crippen molar-refractivity contribution in [1.82, 2.24) is 0 Å². The highest BCUT2D eigenvalue weighted by Crippen LogP contribution is 2.42. The molecular weight excluding hydrogens is 400 g/mol. The summed E-state index contributed by atoms with van der Waals surface area (Å²) >= 11 is 7.53. The molecule has 0 radical (unpaired) electrons. The van der Waals surface area contributed by atoms with Gasteiger partial charge in [-0.25, -0.2) is 0 Å². The van der Waals surface area contributed by atoms with Crippen molar-refractivity contribution in [2.24, 2.45) is 5.11 Å². The van der Waals surface area contributed by atoms with Crippen LogP contribution in [-0.4, -0.2) is 39.6 Å². The minimum atomic E-state index is 0.409. The molecule has 2 aromatic rings. The molecule has 0 unspecified atom stereocenters. The molecule has 152 valence electrons. The van der Waals surface area contributed by atoms with Crippen molar-refractivity contribution < 1.29 is 24.5 Å². The van der Waals surface area contributed by atoms with Crippen LogP contribution in [0.2, 0.25) is 5.02 Å². The summed E-state index contributed by atoms with van der Waals surface area (Å²) in [6, 6.07) is 11.3. The van der Waals surface area contributed by atoms with Crippen molar-refractivity contribution in [3.05, 3.63) is 41.4 Å². The molecule has 0 heterocycles. The number of nitrogens with zero attached hydrogens (tertiary/aromatic N) is 1. The second-order valence-corrected chi connectivity index (χ2v) is 7.09. The molecule has 0 saturated heterocycles. The average molecular weight is 426 g/mol. The summed E-state index contributed by atoms with van der Waals surface area (Å²) in [5, 5.41) is 4.52. The first-order chi connectivity index (χ1) is 13.7. The number of rotatable bonds is 13. The summed E-state index contributed by atoms with van der Waals surface area (Å²) in [6.07, 6.45) is 0. The van der Waals surface area contributed by atoms with Crippen molar-refractivity contribution in [3.63, 3.8) is 0 Å². The van der Waals surface area contributed by atoms with Gasteiger partial charge in [-0.3, -0.25) is 0 Å². The predicted molar refractivity (Wildman–Crippen MR) is 110 cm³/mol. The minimum Gasteiger partial charge on any atom is -0.490 e. The molecule has 0 fully saturated rings. The van der Waals surface area contributed by atoms with Crippen LogP contribution in [0, 0.1) is 0 Å². The molecule has 0 aliphatic heterocycles. The maximum Gasteiger partial charge on any atom is 0.175 e. The molecule has 2 aromatic carbocycles. The van der Waals surface area contributed by atoms with E-state index in [-0.39, 0.29) is 0 Å². The lowest BCUT2D eigenvalue weighted by Crippen LogP contribution is -2.22. The third-order valence-electron chi connectivity index (χ3n) is 3.58. The Kier molecular flexibility index (Phi) is 10.1. The number of benzene rings is 2. The first-order valence-corrected chi connectivity index (χ1v) is 10.3. The fraction of sp³-hybridized carbons (Fsp3) is 0.400. The van der Waals surface area contributed by atoms with Crippen molar-refractivity contribution in [1.29, 1.82) is 0 Å². The van der Waals surface area contributed by atoms with Crippen molar-refractivity contribution in [3.8, 4) is 11.5 Å². The first-order valence-electron chi connectivity index (χ1n) is 9.11. The van der Waals surface area contributed by atoms with E-state index >= 15 is 0 Å². The number of hydrogen-bond donors (Lipinski definition) is 1. The molecule has 0 aliphatic carbocycles. The fourth-order valence-electron chi connectivity index (χ4n) is 2.28. The van der Waals surface area contributed by atoms with Crippen LogP contribution >= 0.6 is 23.4 Å². The van der Waals surface area contributed by atoms with Crippen LogP contribution in [0.1, 0.15) is 13.8 Å². The zero-order valence-electron chi connectivity index (χ0n) is 16.2. The Labute approximate surface area is 175 Å². The zero-order chi connectivity index (χ0) is 20.2. The van der Waals surface area contributed by atoms with E-state index in [4.69, 9.17) is 36.1 Å². The number of hydrogen-bond acceptors (Lipinski definition) is 6. The third-order valence-corrected chi connectivity index (χ3v) is 4.88. The van der Waals surface area contributed by atoms with Crippen LogP contribution in [0.5, 0.6) is 11.5 Å². The molecule has 2 N–H and O–H groups in total. The molecule has 28 heavy (non-hydrogen) atoms. The van der Waals surface area contributed by atoms with Gasteiger partial charge in [0.15, 0.2) is 11.4 Å². The van der Waals surface area contributed by atoms with Crippen molar-refractivity contribution in [2.75, 3.05) is 39.6 Å². The molecule has 6 nitrogen and oxygen atoms in total. The van der Waals surface area contributed by atoms with Gasteiger partial charge in [0, 0.05) is 35.3 Å². The van der Waals surface area contributed by atoms with E-state index in [2.05, 4.69) is 5.11 Å². The lowest BCUT2D eigenvalue weighted by Gasteiger charge is -2.15. The summed E-state index contributed by atoms with van der Waals surface area (Å²) in [5.74, 6) is 1.25. The summed E-state index contributed by atoms with van der Waals surface area (Å²) in [7, 11) is 0. The Bertz CT molecular complexity index is 744. The van der Waals surface area contributed by atoms with Crippen LogP contribution in [0.25, 0.3) is 0 Å². The Balaban J connectivity index is 2.23. The van der Waals surface area contributed by atoms with Gasteiger partial charge in [-0.1, -0.05) is 23.4 Å². The second kappa shape index (κ2) is 12.6. The number of ether oxygens (including phenoxy) is 4. The van der Waals surface area contributed by atoms with E-state index in [0.29, 0.717) is 61.9 Å². The average Bonchev–Trinajstić information content (AvgIpc) is 2.71. The molecule has 0 saturated carbocycles. The summed E-state index contributed by atoms with van der Waals surface area (Å²) < 4.78 is 22.4. The summed E-state index contributed by atoms with van der Waals surface area (Å²) in [4.78, 5) is 1.91. The van der Waals surface area contributed by atoms with Gasteiger partial charge in [0.05, 0.1) is 18.1 Å². The number of nitrogens with two attached hydrogens (primary N) is 1. The van der Waals surface area contributed by atoms with Gasteiger partial charge in [-0.05, 0) is 43.2 Å². The Morgan fingerprint density at radius 1 is 0.893 bits per heavy atom. The highest BCUT2D eigenvalue weighted by atomic mass is 35.5. The van der Waals surface area contributed by atoms with E-state index in [1.807, 2.05) is 44.2 Å². The smallest absolute Gasteiger partial charge is 0.175 e. The van der Waals surface area contributed by atoms with Gasteiger partial charge in [-0.15, -0.1) is 0 Å². The Hall–Kier alpha value is -1.80. The highest BCUT2D eigenvalue weighted by Gasteiger charge is 2.15. The summed E-state index contributed by atoms with van der Waals surface area (Å²) in [6.45, 7) is 7.00. The quantitative estimate of drug-likeness (QED) is 0.385. The van der Waals surface area contributed by atoms with Crippen LogP contribution in [0.3, 0.4) is 0 Å². The van der Waals surface area contributed by atoms with Gasteiger partial charge < -0.3 is 18.9 Å². The molecule has 2 rings (SSSR count). The standard InChI is InChI=1S/C20H25ClN2O4S/c1-3-24-9-11-26-18-14-20(28-16-7-5-15(21)6-8-16)19(13-17(18)23-22)27-12-10-25-4-2/h5-8,13-14,22H,3-4,9-12H2,1-2H3/p+1. The van der Waals surface area contributed by atoms with Crippen molar-refractivity contribution >= 4 is 29.1 Å². The molecule has 0 bridgehead atoms. The monoisotopic (exact) mass is 425 g/mol. The Morgan fingerprint density at radius 2 is 1.50 bits per heavy atom. The molecule has 0 spiro atoms. The van der Waals surface area contributed by atoms with Crippen LogP contribution in [0.15, 0.2) is 51.3 Å². The largest absolute Gasteiger partial charge is 0.490 e. The zero-order valence-corrected chi connectivity index (χ0v) is 17.7. The molecule has 8 heteroatoms. The van der Waals surface area contributed by atoms with Crippen LogP contribution in [0.4, 0.5) is 5.69 Å². The minimum absolute atomic E-state index is 0.409. The molecule has 0 aromatic heterocycles. The third kappa shape index (κ3) is 7.31. The number of halogens is 1. The first kappa shape index (κ1) is 22.5. The van der Waals surface area contributed by atoms with E-state index in [1.165, 1.54) is 0 Å². The normalized spacial score (nSPS) is 10.7. The lowest BCUT2D eigenvalue weighted by molar-refractivity contribution is -0.210. The van der Waals surface area contributed by atoms with Gasteiger partial charge in [-0.2, -0.15) is 5.53 Å². The van der Waals surface area contributed by atoms with Crippen LogP contribution in [-0.2, 0) is 9.47 Å². The molecule has 0 amide bonds. The fourth-order valence-corrected chi connectivity index (χ4v) is 3.32.